The van der Waals surface area contributed by atoms with Gasteiger partial charge in [-0.25, -0.2) is 4.98 Å². The molecule has 2 aromatic rings. The Hall–Kier alpha value is -1.72. The molecule has 1 aromatic heterocycles. The minimum Gasteiger partial charge on any atom is -0.493 e. The van der Waals surface area contributed by atoms with Crippen molar-refractivity contribution in [1.82, 2.24) is 9.55 Å². The Morgan fingerprint density at radius 2 is 2.25 bits per heavy atom. The standard InChI is InChI=1S/C14H17ClN2O3/c1-19-13-8-12(15)7-11(9-18)14(13)20-6-2-4-17-5-3-16-10-17/h3,5,7-8,10,18H,2,4,6,9H2,1H3. The summed E-state index contributed by atoms with van der Waals surface area (Å²) in [7, 11) is 1.55. The number of aliphatic hydroxyl groups is 1. The highest BCUT2D eigenvalue weighted by atomic mass is 35.5. The summed E-state index contributed by atoms with van der Waals surface area (Å²) in [5.41, 5.74) is 0.622. The van der Waals surface area contributed by atoms with Gasteiger partial charge in [-0.1, -0.05) is 11.6 Å². The molecule has 0 fully saturated rings. The zero-order chi connectivity index (χ0) is 14.4. The fourth-order valence-electron chi connectivity index (χ4n) is 1.90. The highest BCUT2D eigenvalue weighted by molar-refractivity contribution is 6.30. The van der Waals surface area contributed by atoms with E-state index >= 15 is 0 Å². The van der Waals surface area contributed by atoms with E-state index in [0.717, 1.165) is 13.0 Å². The van der Waals surface area contributed by atoms with Crippen molar-refractivity contribution in [3.05, 3.63) is 41.4 Å². The van der Waals surface area contributed by atoms with Crippen molar-refractivity contribution in [2.75, 3.05) is 13.7 Å². The third-order valence-electron chi connectivity index (χ3n) is 2.85. The first-order valence-electron chi connectivity index (χ1n) is 6.30. The first kappa shape index (κ1) is 14.7. The number of benzene rings is 1. The molecule has 20 heavy (non-hydrogen) atoms. The predicted octanol–water partition coefficient (Wildman–Crippen LogP) is 2.51. The first-order chi connectivity index (χ1) is 9.74. The monoisotopic (exact) mass is 296 g/mol. The predicted molar refractivity (Wildman–Crippen MR) is 76.3 cm³/mol. The lowest BCUT2D eigenvalue weighted by molar-refractivity contribution is 0.250. The maximum absolute atomic E-state index is 9.36. The van der Waals surface area contributed by atoms with Crippen LogP contribution in [0.5, 0.6) is 11.5 Å². The smallest absolute Gasteiger partial charge is 0.166 e. The van der Waals surface area contributed by atoms with Crippen LogP contribution in [0.15, 0.2) is 30.9 Å². The number of aliphatic hydroxyl groups excluding tert-OH is 1. The highest BCUT2D eigenvalue weighted by Gasteiger charge is 2.12. The molecule has 0 aliphatic heterocycles. The number of imidazole rings is 1. The average Bonchev–Trinajstić information content (AvgIpc) is 2.97. The summed E-state index contributed by atoms with van der Waals surface area (Å²) >= 11 is 5.95. The molecular weight excluding hydrogens is 280 g/mol. The summed E-state index contributed by atoms with van der Waals surface area (Å²) in [5.74, 6) is 1.08. The van der Waals surface area contributed by atoms with Gasteiger partial charge in [-0.2, -0.15) is 0 Å². The van der Waals surface area contributed by atoms with Crippen LogP contribution in [0.25, 0.3) is 0 Å². The van der Waals surface area contributed by atoms with Crippen LogP contribution in [0.3, 0.4) is 0 Å². The fraction of sp³-hybridized carbons (Fsp3) is 0.357. The van der Waals surface area contributed by atoms with Crippen LogP contribution in [-0.4, -0.2) is 28.4 Å². The molecule has 0 aliphatic carbocycles. The second-order valence-electron chi connectivity index (χ2n) is 4.26. The molecule has 2 rings (SSSR count). The van der Waals surface area contributed by atoms with Crippen molar-refractivity contribution in [1.29, 1.82) is 0 Å². The summed E-state index contributed by atoms with van der Waals surface area (Å²) < 4.78 is 12.9. The number of aromatic nitrogens is 2. The van der Waals surface area contributed by atoms with Crippen molar-refractivity contribution in [2.45, 2.75) is 19.6 Å². The number of methoxy groups -OCH3 is 1. The molecule has 6 heteroatoms. The number of hydrogen-bond acceptors (Lipinski definition) is 4. The van der Waals surface area contributed by atoms with Gasteiger partial charge in [0.05, 0.1) is 26.7 Å². The third-order valence-corrected chi connectivity index (χ3v) is 3.07. The van der Waals surface area contributed by atoms with Crippen LogP contribution in [0.4, 0.5) is 0 Å². The number of hydrogen-bond donors (Lipinski definition) is 1. The molecule has 0 unspecified atom stereocenters. The Labute approximate surface area is 122 Å². The largest absolute Gasteiger partial charge is 0.493 e. The minimum absolute atomic E-state index is 0.145. The van der Waals surface area contributed by atoms with Crippen LogP contribution in [0.2, 0.25) is 5.02 Å². The zero-order valence-electron chi connectivity index (χ0n) is 11.3. The Morgan fingerprint density at radius 3 is 2.90 bits per heavy atom. The second-order valence-corrected chi connectivity index (χ2v) is 4.69. The van der Waals surface area contributed by atoms with E-state index in [0.29, 0.717) is 28.7 Å². The SMILES string of the molecule is COc1cc(Cl)cc(CO)c1OCCCn1ccnc1. The Balaban J connectivity index is 1.97. The first-order valence-corrected chi connectivity index (χ1v) is 6.68. The molecule has 5 nitrogen and oxygen atoms in total. The van der Waals surface area contributed by atoms with E-state index in [1.807, 2.05) is 10.8 Å². The van der Waals surface area contributed by atoms with Gasteiger partial charge in [-0.05, 0) is 12.5 Å². The average molecular weight is 297 g/mol. The number of nitrogens with zero attached hydrogens (tertiary/aromatic N) is 2. The fourth-order valence-corrected chi connectivity index (χ4v) is 2.13. The molecule has 0 aliphatic rings. The molecule has 0 radical (unpaired) electrons. The summed E-state index contributed by atoms with van der Waals surface area (Å²) in [6, 6.07) is 3.35. The Bertz CT molecular complexity index is 518. The summed E-state index contributed by atoms with van der Waals surface area (Å²) in [6.07, 6.45) is 6.24. The van der Waals surface area contributed by atoms with Crippen molar-refractivity contribution in [3.63, 3.8) is 0 Å². The van der Waals surface area contributed by atoms with Gasteiger partial charge in [0.15, 0.2) is 11.5 Å². The topological polar surface area (TPSA) is 56.5 Å². The molecule has 0 saturated carbocycles. The molecule has 0 atom stereocenters. The van der Waals surface area contributed by atoms with Crippen LogP contribution in [-0.2, 0) is 13.2 Å². The van der Waals surface area contributed by atoms with E-state index < -0.39 is 0 Å². The van der Waals surface area contributed by atoms with Crippen LogP contribution < -0.4 is 9.47 Å². The summed E-state index contributed by atoms with van der Waals surface area (Å²) in [6.45, 7) is 1.20. The van der Waals surface area contributed by atoms with Crippen molar-refractivity contribution >= 4 is 11.6 Å². The normalized spacial score (nSPS) is 10.6. The Kier molecular flexibility index (Phi) is 5.26. The molecule has 0 spiro atoms. The molecule has 1 N–H and O–H groups in total. The quantitative estimate of drug-likeness (QED) is 0.798. The lowest BCUT2D eigenvalue weighted by atomic mass is 10.2. The number of halogens is 1. The molecule has 0 bridgehead atoms. The summed E-state index contributed by atoms with van der Waals surface area (Å²) in [4.78, 5) is 3.98. The van der Waals surface area contributed by atoms with E-state index in [-0.39, 0.29) is 6.61 Å². The van der Waals surface area contributed by atoms with Gasteiger partial charge in [0, 0.05) is 35.6 Å². The summed E-state index contributed by atoms with van der Waals surface area (Å²) in [5, 5.41) is 9.87. The third kappa shape index (κ3) is 3.65. The second kappa shape index (κ2) is 7.17. The Morgan fingerprint density at radius 1 is 1.40 bits per heavy atom. The van der Waals surface area contributed by atoms with Gasteiger partial charge in [0.25, 0.3) is 0 Å². The molecule has 1 aromatic carbocycles. The van der Waals surface area contributed by atoms with E-state index in [1.54, 1.807) is 31.8 Å². The minimum atomic E-state index is -0.145. The van der Waals surface area contributed by atoms with Gasteiger partial charge < -0.3 is 19.1 Å². The van der Waals surface area contributed by atoms with Crippen LogP contribution >= 0.6 is 11.6 Å². The van der Waals surface area contributed by atoms with Crippen LogP contribution in [0.1, 0.15) is 12.0 Å². The maximum atomic E-state index is 9.36. The molecule has 0 amide bonds. The van der Waals surface area contributed by atoms with Gasteiger partial charge in [0.2, 0.25) is 0 Å². The van der Waals surface area contributed by atoms with E-state index in [1.165, 1.54) is 0 Å². The molecule has 1 heterocycles. The molecule has 0 saturated heterocycles. The number of aryl methyl sites for hydroxylation is 1. The molecular formula is C14H17ClN2O3. The maximum Gasteiger partial charge on any atom is 0.166 e. The zero-order valence-corrected chi connectivity index (χ0v) is 12.0. The van der Waals surface area contributed by atoms with Crippen molar-refractivity contribution < 1.29 is 14.6 Å². The van der Waals surface area contributed by atoms with E-state index in [2.05, 4.69) is 4.98 Å². The number of rotatable bonds is 7. The van der Waals surface area contributed by atoms with Gasteiger partial charge in [-0.15, -0.1) is 0 Å². The van der Waals surface area contributed by atoms with Gasteiger partial charge in [-0.3, -0.25) is 0 Å². The van der Waals surface area contributed by atoms with Crippen molar-refractivity contribution in [2.24, 2.45) is 0 Å². The van der Waals surface area contributed by atoms with Gasteiger partial charge >= 0.3 is 0 Å². The van der Waals surface area contributed by atoms with Crippen molar-refractivity contribution in [3.8, 4) is 11.5 Å². The number of ether oxygens (including phenoxy) is 2. The lowest BCUT2D eigenvalue weighted by Crippen LogP contribution is -2.06. The molecule has 108 valence electrons. The van der Waals surface area contributed by atoms with E-state index in [4.69, 9.17) is 21.1 Å². The highest BCUT2D eigenvalue weighted by Crippen LogP contribution is 2.34. The van der Waals surface area contributed by atoms with Gasteiger partial charge in [0.1, 0.15) is 0 Å². The van der Waals surface area contributed by atoms with E-state index in [9.17, 15) is 5.11 Å². The lowest BCUT2D eigenvalue weighted by Gasteiger charge is -2.14. The van der Waals surface area contributed by atoms with Crippen LogP contribution in [0, 0.1) is 0 Å².